The number of alkyl halides is 6. The fraction of sp³-hybridized carbons (Fsp3) is 0.582. The molecule has 2 atom stereocenters. The lowest BCUT2D eigenvalue weighted by Crippen LogP contribution is -2.42. The van der Waals surface area contributed by atoms with Gasteiger partial charge in [0.1, 0.15) is 30.3 Å². The summed E-state index contributed by atoms with van der Waals surface area (Å²) in [4.78, 5) is 27.7. The average Bonchev–Trinajstić information content (AvgIpc) is 4.09. The van der Waals surface area contributed by atoms with Gasteiger partial charge in [-0.1, -0.05) is 24.3 Å². The number of carbonyl (C=O) groups is 1. The van der Waals surface area contributed by atoms with Gasteiger partial charge in [-0.25, -0.2) is 4.79 Å². The monoisotopic (exact) mass is 1030 g/mol. The van der Waals surface area contributed by atoms with Crippen molar-refractivity contribution in [2.24, 2.45) is 11.8 Å². The van der Waals surface area contributed by atoms with Gasteiger partial charge in [0, 0.05) is 64.1 Å². The molecule has 400 valence electrons. The minimum atomic E-state index is -4.32. The van der Waals surface area contributed by atoms with Gasteiger partial charge in [0.25, 0.3) is 0 Å². The number of likely N-dealkylation sites (tertiary alicyclic amines) is 1. The van der Waals surface area contributed by atoms with Gasteiger partial charge in [0.05, 0.1) is 66.5 Å². The first kappa shape index (κ1) is 55.4. The second-order valence-electron chi connectivity index (χ2n) is 20.6. The second-order valence-corrected chi connectivity index (χ2v) is 20.6. The third-order valence-electron chi connectivity index (χ3n) is 13.9. The summed E-state index contributed by atoms with van der Waals surface area (Å²) in [7, 11) is 0. The number of nitrogens with zero attached hydrogens (tertiary/aromatic N) is 5. The third kappa shape index (κ3) is 17.9. The van der Waals surface area contributed by atoms with E-state index in [1.165, 1.54) is 30.7 Å². The van der Waals surface area contributed by atoms with Crippen molar-refractivity contribution in [3.05, 3.63) is 108 Å². The topological polar surface area (TPSA) is 111 Å². The average molecular weight is 1030 g/mol. The fourth-order valence-corrected chi connectivity index (χ4v) is 9.60. The molecule has 0 spiro atoms. The Hall–Kier alpha value is -5.33. The lowest BCUT2D eigenvalue weighted by molar-refractivity contribution is -0.138. The summed E-state index contributed by atoms with van der Waals surface area (Å²) in [5.41, 5.74) is 1.82. The number of carbonyl (C=O) groups excluding carboxylic acids is 1. The first-order chi connectivity index (χ1) is 34.9. The molecule has 4 aliphatic heterocycles. The van der Waals surface area contributed by atoms with E-state index in [9.17, 15) is 31.1 Å². The van der Waals surface area contributed by atoms with Crippen molar-refractivity contribution in [1.82, 2.24) is 20.2 Å². The van der Waals surface area contributed by atoms with E-state index in [0.29, 0.717) is 69.8 Å². The smallest absolute Gasteiger partial charge is 0.416 e. The Bertz CT molecular complexity index is 2280. The van der Waals surface area contributed by atoms with Crippen molar-refractivity contribution in [3.8, 4) is 11.5 Å². The highest BCUT2D eigenvalue weighted by Gasteiger charge is 2.34. The molecule has 0 bridgehead atoms. The number of hydrogen-bond acceptors (Lipinski definition) is 11. The molecule has 2 aromatic heterocycles. The number of aromatic nitrogens is 2. The molecule has 4 aliphatic rings. The predicted octanol–water partition coefficient (Wildman–Crippen LogP) is 11.8. The summed E-state index contributed by atoms with van der Waals surface area (Å²) < 4.78 is 105. The largest absolute Gasteiger partial charge is 0.490 e. The maximum Gasteiger partial charge on any atom is 0.416 e. The number of ether oxygens (including phenoxy) is 5. The van der Waals surface area contributed by atoms with Gasteiger partial charge in [-0.05, 0) is 139 Å². The Morgan fingerprint density at radius 2 is 1.10 bits per heavy atom. The van der Waals surface area contributed by atoms with Crippen LogP contribution in [0, 0.1) is 11.8 Å². The Balaban J connectivity index is 0.000000218. The second kappa shape index (κ2) is 26.2. The molecule has 2 aromatic carbocycles. The van der Waals surface area contributed by atoms with E-state index in [0.717, 1.165) is 143 Å². The van der Waals surface area contributed by atoms with E-state index in [1.807, 2.05) is 39.2 Å². The zero-order valence-electron chi connectivity index (χ0n) is 42.4. The zero-order valence-corrected chi connectivity index (χ0v) is 42.4. The number of amides is 1. The van der Waals surface area contributed by atoms with Crippen LogP contribution in [0.25, 0.3) is 0 Å². The van der Waals surface area contributed by atoms with Crippen LogP contribution in [0.3, 0.4) is 0 Å². The highest BCUT2D eigenvalue weighted by atomic mass is 19.4. The Morgan fingerprint density at radius 3 is 1.53 bits per heavy atom. The van der Waals surface area contributed by atoms with Gasteiger partial charge in [-0.2, -0.15) is 26.3 Å². The molecule has 6 heterocycles. The molecular weight excluding hydrogens is 955 g/mol. The first-order valence-electron chi connectivity index (χ1n) is 25.8. The van der Waals surface area contributed by atoms with Crippen molar-refractivity contribution < 1.29 is 54.8 Å². The SMILES string of the molecule is CC(C)(C)OC(=O)N1CCC[C@H]1COc1cncc(N2CCC(CCOCc3ccc(C(F)(F)F)cc3)CC2)c1.FC(F)(F)c1ccc(COCCC2CCN(c3cncc(OC[C@@H]4CCCN4)c3)CC2)cc1. The molecule has 4 aromatic rings. The molecule has 18 heteroatoms. The molecule has 0 aliphatic carbocycles. The molecule has 1 amide bonds. The Morgan fingerprint density at radius 1 is 0.616 bits per heavy atom. The number of benzene rings is 2. The van der Waals surface area contributed by atoms with Crippen LogP contribution in [0.4, 0.5) is 42.5 Å². The predicted molar refractivity (Wildman–Crippen MR) is 268 cm³/mol. The Kier molecular flexibility index (Phi) is 19.9. The third-order valence-corrected chi connectivity index (χ3v) is 13.9. The highest BCUT2D eigenvalue weighted by Crippen LogP contribution is 2.32. The van der Waals surface area contributed by atoms with Gasteiger partial charge in [0.15, 0.2) is 0 Å². The van der Waals surface area contributed by atoms with Gasteiger partial charge in [0.2, 0.25) is 0 Å². The van der Waals surface area contributed by atoms with Crippen molar-refractivity contribution >= 4 is 17.5 Å². The molecule has 8 rings (SSSR count). The number of piperidine rings is 2. The summed E-state index contributed by atoms with van der Waals surface area (Å²) in [6.45, 7) is 14.0. The molecule has 0 radical (unpaired) electrons. The summed E-state index contributed by atoms with van der Waals surface area (Å²) in [6, 6.07) is 14.8. The summed E-state index contributed by atoms with van der Waals surface area (Å²) in [6.07, 6.45) is 8.61. The van der Waals surface area contributed by atoms with Crippen molar-refractivity contribution in [1.29, 1.82) is 0 Å². The standard InChI is InChI=1S/C30H40F3N3O4.C25H32F3N3O2/c1-29(2,3)40-28(37)36-13-4-5-25(36)21-39-27-17-26(18-34-19-27)35-14-10-22(11-15-35)12-16-38-20-23-6-8-24(9-7-23)30(31,32)33;26-25(27,28)21-5-3-20(4-6-21)17-32-13-9-19-7-11-31(12-8-19)23-14-24(16-29-15-23)33-18-22-2-1-10-30-22/h6-9,17-19,22,25H,4-5,10-16,20-21H2,1-3H3;3-6,14-16,19,22,30H,1-2,7-13,17-18H2/t25-;22-/m00/s1. The number of rotatable bonds is 18. The molecule has 4 fully saturated rings. The number of halogens is 6. The van der Waals surface area contributed by atoms with E-state index in [4.69, 9.17) is 23.7 Å². The Labute approximate surface area is 426 Å². The van der Waals surface area contributed by atoms with E-state index in [2.05, 4.69) is 31.2 Å². The minimum Gasteiger partial charge on any atom is -0.490 e. The van der Waals surface area contributed by atoms with Crippen molar-refractivity contribution in [3.63, 3.8) is 0 Å². The molecule has 73 heavy (non-hydrogen) atoms. The fourth-order valence-electron chi connectivity index (χ4n) is 9.60. The van der Waals surface area contributed by atoms with Crippen LogP contribution in [0.1, 0.15) is 107 Å². The van der Waals surface area contributed by atoms with E-state index in [1.54, 1.807) is 17.3 Å². The lowest BCUT2D eigenvalue weighted by Gasteiger charge is -2.33. The van der Waals surface area contributed by atoms with Crippen LogP contribution in [0.2, 0.25) is 0 Å². The quantitative estimate of drug-likeness (QED) is 0.0760. The van der Waals surface area contributed by atoms with E-state index >= 15 is 0 Å². The van der Waals surface area contributed by atoms with Crippen LogP contribution >= 0.6 is 0 Å². The summed E-state index contributed by atoms with van der Waals surface area (Å²) in [5.74, 6) is 2.64. The molecule has 0 unspecified atom stereocenters. The van der Waals surface area contributed by atoms with Crippen LogP contribution in [0.15, 0.2) is 85.5 Å². The van der Waals surface area contributed by atoms with Crippen LogP contribution in [-0.4, -0.2) is 104 Å². The summed E-state index contributed by atoms with van der Waals surface area (Å²) in [5, 5.41) is 3.44. The van der Waals surface area contributed by atoms with Crippen LogP contribution in [0.5, 0.6) is 11.5 Å². The van der Waals surface area contributed by atoms with Gasteiger partial charge in [-0.15, -0.1) is 0 Å². The maximum absolute atomic E-state index is 12.7. The molecule has 12 nitrogen and oxygen atoms in total. The number of hydrogen-bond donors (Lipinski definition) is 1. The molecule has 4 saturated heterocycles. The van der Waals surface area contributed by atoms with Crippen LogP contribution in [-0.2, 0) is 39.8 Å². The molecule has 0 saturated carbocycles. The maximum atomic E-state index is 12.7. The van der Waals surface area contributed by atoms with Crippen LogP contribution < -0.4 is 24.6 Å². The van der Waals surface area contributed by atoms with E-state index < -0.39 is 29.1 Å². The minimum absolute atomic E-state index is 0.0179. The first-order valence-corrected chi connectivity index (χ1v) is 25.8. The highest BCUT2D eigenvalue weighted by molar-refractivity contribution is 5.69. The van der Waals surface area contributed by atoms with Gasteiger partial charge >= 0.3 is 18.4 Å². The van der Waals surface area contributed by atoms with Crippen molar-refractivity contribution in [2.45, 2.75) is 128 Å². The number of pyridine rings is 2. The number of anilines is 2. The summed E-state index contributed by atoms with van der Waals surface area (Å²) >= 11 is 0. The molecule has 1 N–H and O–H groups in total. The zero-order chi connectivity index (χ0) is 51.9. The van der Waals surface area contributed by atoms with Crippen molar-refractivity contribution in [2.75, 3.05) is 75.5 Å². The van der Waals surface area contributed by atoms with Gasteiger partial charge < -0.3 is 43.7 Å². The lowest BCUT2D eigenvalue weighted by atomic mass is 9.94. The van der Waals surface area contributed by atoms with Gasteiger partial charge in [-0.3, -0.25) is 9.97 Å². The number of nitrogens with one attached hydrogen (secondary N) is 1. The molecular formula is C55H72F6N6O6. The normalized spacial score (nSPS) is 19.2. The van der Waals surface area contributed by atoms with E-state index in [-0.39, 0.29) is 12.1 Å².